The summed E-state index contributed by atoms with van der Waals surface area (Å²) in [6, 6.07) is 0. The fourth-order valence-electron chi connectivity index (χ4n) is 3.98. The first-order valence-corrected chi connectivity index (χ1v) is 10.4. The summed E-state index contributed by atoms with van der Waals surface area (Å²) < 4.78 is 4.71. The van der Waals surface area contributed by atoms with Crippen molar-refractivity contribution in [3.63, 3.8) is 0 Å². The molecule has 2 heteroatoms. The molecule has 0 spiro atoms. The number of esters is 1. The van der Waals surface area contributed by atoms with E-state index in [1.807, 2.05) is 0 Å². The molecule has 0 bridgehead atoms. The molecule has 1 fully saturated rings. The highest BCUT2D eigenvalue weighted by atomic mass is 16.5. The van der Waals surface area contributed by atoms with Gasteiger partial charge in [0.15, 0.2) is 0 Å². The molecule has 3 atom stereocenters. The Morgan fingerprint density at radius 3 is 2.75 bits per heavy atom. The summed E-state index contributed by atoms with van der Waals surface area (Å²) in [5, 5.41) is 0. The van der Waals surface area contributed by atoms with Crippen LogP contribution in [0.3, 0.4) is 0 Å². The van der Waals surface area contributed by atoms with Gasteiger partial charge in [-0.25, -0.2) is 0 Å². The van der Waals surface area contributed by atoms with Gasteiger partial charge in [-0.1, -0.05) is 64.5 Å². The van der Waals surface area contributed by atoms with Crippen molar-refractivity contribution >= 4 is 5.97 Å². The lowest BCUT2D eigenvalue weighted by molar-refractivity contribution is -0.140. The number of methoxy groups -OCH3 is 1. The van der Waals surface area contributed by atoms with E-state index >= 15 is 0 Å². The highest BCUT2D eigenvalue weighted by molar-refractivity contribution is 5.68. The molecular weight excluding hydrogens is 296 g/mol. The molecule has 1 rings (SSSR count). The SMILES string of the molecule is CCCCCCC=C[C@H]1CCC[C@@H]1CCC(C)CCCC(=O)OC. The van der Waals surface area contributed by atoms with E-state index in [1.165, 1.54) is 71.3 Å². The molecule has 0 saturated heterocycles. The first-order chi connectivity index (χ1) is 11.7. The van der Waals surface area contributed by atoms with Gasteiger partial charge in [0.1, 0.15) is 0 Å². The van der Waals surface area contributed by atoms with Crippen LogP contribution in [0.2, 0.25) is 0 Å². The normalized spacial score (nSPS) is 22.1. The number of allylic oxidation sites excluding steroid dienone is 2. The van der Waals surface area contributed by atoms with Crippen LogP contribution in [0.5, 0.6) is 0 Å². The molecule has 2 nitrogen and oxygen atoms in total. The maximum atomic E-state index is 11.2. The summed E-state index contributed by atoms with van der Waals surface area (Å²) in [6.45, 7) is 4.61. The van der Waals surface area contributed by atoms with Crippen molar-refractivity contribution in [2.24, 2.45) is 17.8 Å². The number of carbonyl (C=O) groups excluding carboxylic acids is 1. The van der Waals surface area contributed by atoms with Crippen LogP contribution in [0.15, 0.2) is 12.2 Å². The second-order valence-electron chi connectivity index (χ2n) is 7.78. The van der Waals surface area contributed by atoms with E-state index in [0.717, 1.165) is 30.6 Å². The number of hydrogen-bond donors (Lipinski definition) is 0. The molecule has 0 heterocycles. The summed E-state index contributed by atoms with van der Waals surface area (Å²) in [5.41, 5.74) is 0. The van der Waals surface area contributed by atoms with E-state index in [-0.39, 0.29) is 5.97 Å². The van der Waals surface area contributed by atoms with Crippen molar-refractivity contribution in [3.05, 3.63) is 12.2 Å². The quantitative estimate of drug-likeness (QED) is 0.213. The largest absolute Gasteiger partial charge is 0.469 e. The van der Waals surface area contributed by atoms with Gasteiger partial charge in [0.25, 0.3) is 0 Å². The fourth-order valence-corrected chi connectivity index (χ4v) is 3.98. The Hall–Kier alpha value is -0.790. The van der Waals surface area contributed by atoms with Crippen LogP contribution < -0.4 is 0 Å². The number of hydrogen-bond acceptors (Lipinski definition) is 2. The Morgan fingerprint density at radius 2 is 2.00 bits per heavy atom. The minimum absolute atomic E-state index is 0.0675. The number of ether oxygens (including phenoxy) is 1. The third kappa shape index (κ3) is 9.49. The van der Waals surface area contributed by atoms with Gasteiger partial charge in [0.2, 0.25) is 0 Å². The number of rotatable bonds is 13. The summed E-state index contributed by atoms with van der Waals surface area (Å²) in [4.78, 5) is 11.2. The Morgan fingerprint density at radius 1 is 1.17 bits per heavy atom. The second-order valence-corrected chi connectivity index (χ2v) is 7.78. The third-order valence-corrected chi connectivity index (χ3v) is 5.66. The standard InChI is InChI=1S/C22H40O2/c1-4-5-6-7-8-9-13-20-14-11-15-21(20)18-17-19(2)12-10-16-22(23)24-3/h9,13,19-21H,4-8,10-12,14-18H2,1-3H3/t19?,20-,21+/m0/s1. The Kier molecular flexibility index (Phi) is 12.0. The molecule has 1 aliphatic carbocycles. The molecule has 1 unspecified atom stereocenters. The Labute approximate surface area is 150 Å². The van der Waals surface area contributed by atoms with Crippen molar-refractivity contribution in [2.45, 2.75) is 97.3 Å². The molecule has 0 aromatic heterocycles. The molecule has 0 aliphatic heterocycles. The van der Waals surface area contributed by atoms with Crippen LogP contribution in [-0.2, 0) is 9.53 Å². The number of unbranched alkanes of at least 4 members (excludes halogenated alkanes) is 4. The average molecular weight is 337 g/mol. The van der Waals surface area contributed by atoms with Gasteiger partial charge in [-0.05, 0) is 56.3 Å². The molecule has 24 heavy (non-hydrogen) atoms. The van der Waals surface area contributed by atoms with Crippen LogP contribution in [0.1, 0.15) is 97.3 Å². The smallest absolute Gasteiger partial charge is 0.305 e. The van der Waals surface area contributed by atoms with Crippen LogP contribution in [0.4, 0.5) is 0 Å². The van der Waals surface area contributed by atoms with E-state index in [2.05, 4.69) is 26.0 Å². The zero-order valence-electron chi connectivity index (χ0n) is 16.4. The third-order valence-electron chi connectivity index (χ3n) is 5.66. The summed E-state index contributed by atoms with van der Waals surface area (Å²) in [7, 11) is 1.48. The predicted molar refractivity (Wildman–Crippen MR) is 103 cm³/mol. The van der Waals surface area contributed by atoms with Crippen LogP contribution in [0.25, 0.3) is 0 Å². The molecule has 0 amide bonds. The van der Waals surface area contributed by atoms with Gasteiger partial charge in [0.05, 0.1) is 7.11 Å². The highest BCUT2D eigenvalue weighted by Crippen LogP contribution is 2.37. The van der Waals surface area contributed by atoms with Crippen LogP contribution >= 0.6 is 0 Å². The summed E-state index contributed by atoms with van der Waals surface area (Å²) in [6.07, 6.45) is 21.3. The molecule has 1 saturated carbocycles. The molecular formula is C22H40O2. The van der Waals surface area contributed by atoms with Crippen molar-refractivity contribution in [1.29, 1.82) is 0 Å². The lowest BCUT2D eigenvalue weighted by atomic mass is 9.87. The van der Waals surface area contributed by atoms with E-state index in [9.17, 15) is 4.79 Å². The lowest BCUT2D eigenvalue weighted by Crippen LogP contribution is -2.08. The van der Waals surface area contributed by atoms with Crippen molar-refractivity contribution in [1.82, 2.24) is 0 Å². The van der Waals surface area contributed by atoms with Gasteiger partial charge < -0.3 is 4.74 Å². The lowest BCUT2D eigenvalue weighted by Gasteiger charge is -2.19. The highest BCUT2D eigenvalue weighted by Gasteiger charge is 2.25. The molecule has 0 aromatic carbocycles. The maximum absolute atomic E-state index is 11.2. The van der Waals surface area contributed by atoms with E-state index in [0.29, 0.717) is 6.42 Å². The zero-order valence-corrected chi connectivity index (χ0v) is 16.4. The minimum Gasteiger partial charge on any atom is -0.469 e. The second kappa shape index (κ2) is 13.5. The van der Waals surface area contributed by atoms with Crippen LogP contribution in [-0.4, -0.2) is 13.1 Å². The zero-order chi connectivity index (χ0) is 17.6. The first kappa shape index (κ1) is 21.3. The van der Waals surface area contributed by atoms with E-state index < -0.39 is 0 Å². The topological polar surface area (TPSA) is 26.3 Å². The fraction of sp³-hybridized carbons (Fsp3) is 0.864. The molecule has 140 valence electrons. The van der Waals surface area contributed by atoms with Gasteiger partial charge in [-0.15, -0.1) is 0 Å². The first-order valence-electron chi connectivity index (χ1n) is 10.4. The van der Waals surface area contributed by atoms with Gasteiger partial charge in [-0.3, -0.25) is 4.79 Å². The van der Waals surface area contributed by atoms with Crippen molar-refractivity contribution < 1.29 is 9.53 Å². The molecule has 1 aliphatic rings. The predicted octanol–water partition coefficient (Wildman–Crippen LogP) is 6.69. The Bertz CT molecular complexity index is 348. The minimum atomic E-state index is -0.0675. The van der Waals surface area contributed by atoms with E-state index in [1.54, 1.807) is 0 Å². The maximum Gasteiger partial charge on any atom is 0.305 e. The summed E-state index contributed by atoms with van der Waals surface area (Å²) in [5.74, 6) is 2.40. The molecule has 0 aromatic rings. The van der Waals surface area contributed by atoms with Gasteiger partial charge in [0, 0.05) is 6.42 Å². The Balaban J connectivity index is 2.16. The monoisotopic (exact) mass is 336 g/mol. The molecule has 0 radical (unpaired) electrons. The molecule has 0 N–H and O–H groups in total. The van der Waals surface area contributed by atoms with Gasteiger partial charge >= 0.3 is 5.97 Å². The van der Waals surface area contributed by atoms with Crippen LogP contribution in [0, 0.1) is 17.8 Å². The number of carbonyl (C=O) groups is 1. The summed E-state index contributed by atoms with van der Waals surface area (Å²) >= 11 is 0. The van der Waals surface area contributed by atoms with E-state index in [4.69, 9.17) is 4.74 Å². The van der Waals surface area contributed by atoms with Gasteiger partial charge in [-0.2, -0.15) is 0 Å². The average Bonchev–Trinajstić information content (AvgIpc) is 3.03. The van der Waals surface area contributed by atoms with Crippen molar-refractivity contribution in [2.75, 3.05) is 7.11 Å². The van der Waals surface area contributed by atoms with Crippen molar-refractivity contribution in [3.8, 4) is 0 Å².